The van der Waals surface area contributed by atoms with Gasteiger partial charge < -0.3 is 34.0 Å². The lowest BCUT2D eigenvalue weighted by Gasteiger charge is -2.43. The second-order valence-electron chi connectivity index (χ2n) is 10.1. The minimum atomic E-state index is -1.37. The van der Waals surface area contributed by atoms with Crippen LogP contribution in [0.4, 0.5) is 0 Å². The molecule has 210 valence electrons. The Hall–Kier alpha value is -3.81. The number of hydrogen-bond acceptors (Lipinski definition) is 8. The molecular weight excluding hydrogens is 598 g/mol. The number of ether oxygens (including phenoxy) is 3. The zero-order chi connectivity index (χ0) is 28.6. The fraction of sp³-hybridized carbons (Fsp3) is 0.276. The SMILES string of the molecule is CO[C@H]1[C@H](O)[C@@H](OC(=O)CBr)C(n2c3ccccc3c3c4c(c5c6ccccc6[nH]c5c32)C(=O)NC4=O)O[C@@H]1CO. The van der Waals surface area contributed by atoms with Crippen LogP contribution >= 0.6 is 15.9 Å². The summed E-state index contributed by atoms with van der Waals surface area (Å²) in [5.74, 6) is -1.65. The summed E-state index contributed by atoms with van der Waals surface area (Å²) in [5, 5.41) is 26.4. The molecule has 1 saturated heterocycles. The molecule has 2 aromatic heterocycles. The number of aromatic nitrogens is 2. The quantitative estimate of drug-likeness (QED) is 0.133. The molecule has 2 aliphatic rings. The number of para-hydroxylation sites is 2. The summed E-state index contributed by atoms with van der Waals surface area (Å²) in [7, 11) is 1.37. The Morgan fingerprint density at radius 3 is 2.41 bits per heavy atom. The van der Waals surface area contributed by atoms with Crippen molar-refractivity contribution in [3.63, 3.8) is 0 Å². The van der Waals surface area contributed by atoms with Gasteiger partial charge in [0.25, 0.3) is 11.8 Å². The van der Waals surface area contributed by atoms with E-state index in [0.29, 0.717) is 32.7 Å². The smallest absolute Gasteiger partial charge is 0.317 e. The Bertz CT molecular complexity index is 1910. The minimum Gasteiger partial charge on any atom is -0.454 e. The zero-order valence-corrected chi connectivity index (χ0v) is 23.2. The van der Waals surface area contributed by atoms with Crippen LogP contribution in [-0.4, -0.2) is 81.0 Å². The average molecular weight is 622 g/mol. The monoisotopic (exact) mass is 621 g/mol. The van der Waals surface area contributed by atoms with Crippen LogP contribution in [0, 0.1) is 0 Å². The number of aromatic amines is 1. The lowest BCUT2D eigenvalue weighted by atomic mass is 9.96. The number of H-pyrrole nitrogens is 1. The number of benzene rings is 3. The number of carbonyl (C=O) groups excluding carboxylic acids is 3. The van der Waals surface area contributed by atoms with E-state index in [2.05, 4.69) is 26.2 Å². The first kappa shape index (κ1) is 26.1. The molecule has 2 amide bonds. The number of fused-ring (bicyclic) bond motifs is 10. The topological polar surface area (TPSA) is 152 Å². The number of nitrogens with one attached hydrogen (secondary N) is 2. The van der Waals surface area contributed by atoms with E-state index in [9.17, 15) is 24.6 Å². The van der Waals surface area contributed by atoms with Crippen molar-refractivity contribution in [2.45, 2.75) is 30.6 Å². The molecule has 41 heavy (non-hydrogen) atoms. The van der Waals surface area contributed by atoms with E-state index in [1.807, 2.05) is 48.5 Å². The van der Waals surface area contributed by atoms with Crippen LogP contribution in [0.15, 0.2) is 48.5 Å². The second kappa shape index (κ2) is 9.64. The van der Waals surface area contributed by atoms with Crippen molar-refractivity contribution in [3.8, 4) is 0 Å². The fourth-order valence-corrected chi connectivity index (χ4v) is 6.54. The van der Waals surface area contributed by atoms with E-state index in [1.54, 1.807) is 4.57 Å². The molecule has 5 aromatic rings. The predicted molar refractivity (Wildman–Crippen MR) is 152 cm³/mol. The van der Waals surface area contributed by atoms with Gasteiger partial charge in [0.05, 0.1) is 34.3 Å². The summed E-state index contributed by atoms with van der Waals surface area (Å²) < 4.78 is 19.3. The van der Waals surface area contributed by atoms with Gasteiger partial charge in [0.15, 0.2) is 12.3 Å². The van der Waals surface area contributed by atoms with E-state index in [-0.39, 0.29) is 16.5 Å². The zero-order valence-electron chi connectivity index (χ0n) is 21.6. The van der Waals surface area contributed by atoms with Crippen molar-refractivity contribution in [1.29, 1.82) is 0 Å². The Balaban J connectivity index is 1.64. The van der Waals surface area contributed by atoms with E-state index in [0.717, 1.165) is 10.9 Å². The fourth-order valence-electron chi connectivity index (χ4n) is 6.40. The number of rotatable bonds is 5. The molecule has 0 aliphatic carbocycles. The molecule has 5 atom stereocenters. The summed E-state index contributed by atoms with van der Waals surface area (Å²) in [5.41, 5.74) is 2.95. The van der Waals surface area contributed by atoms with Crippen LogP contribution in [0.25, 0.3) is 43.6 Å². The number of carbonyl (C=O) groups is 3. The Morgan fingerprint density at radius 2 is 1.71 bits per heavy atom. The number of alkyl halides is 1. The summed E-state index contributed by atoms with van der Waals surface area (Å²) in [6.07, 6.45) is -5.72. The highest BCUT2D eigenvalue weighted by Gasteiger charge is 2.49. The average Bonchev–Trinajstić information content (AvgIpc) is 3.62. The van der Waals surface area contributed by atoms with Gasteiger partial charge in [0.2, 0.25) is 0 Å². The number of aliphatic hydroxyl groups excluding tert-OH is 2. The van der Waals surface area contributed by atoms with Gasteiger partial charge in [-0.25, -0.2) is 0 Å². The standard InChI is InChI=1S/C29H24BrN3O8/c1-39-25-16(11-34)40-29(26(24(25)36)41-17(35)10-30)33-15-9-5-3-7-13(15)19-21-20(27(37)32-28(21)38)18-12-6-2-4-8-14(12)31-22(18)23(19)33/h2-9,16,24-26,29,31,34,36H,10-11H2,1H3,(H,32,37,38)/t16-,24+,25-,26-,29?/m1/s1. The molecule has 3 aromatic carbocycles. The number of amides is 2. The van der Waals surface area contributed by atoms with Gasteiger partial charge in [-0.15, -0.1) is 0 Å². The molecule has 0 spiro atoms. The summed E-state index contributed by atoms with van der Waals surface area (Å²) in [6, 6.07) is 14.7. The number of imide groups is 1. The number of aliphatic hydroxyl groups is 2. The van der Waals surface area contributed by atoms with Gasteiger partial charge in [0, 0.05) is 34.2 Å². The largest absolute Gasteiger partial charge is 0.454 e. The van der Waals surface area contributed by atoms with Crippen LogP contribution < -0.4 is 5.32 Å². The van der Waals surface area contributed by atoms with Crippen LogP contribution in [0.2, 0.25) is 0 Å². The van der Waals surface area contributed by atoms with Crippen molar-refractivity contribution in [3.05, 3.63) is 59.7 Å². The molecule has 4 N–H and O–H groups in total. The lowest BCUT2D eigenvalue weighted by Crippen LogP contribution is -2.58. The lowest BCUT2D eigenvalue weighted by molar-refractivity contribution is -0.261. The van der Waals surface area contributed by atoms with Crippen molar-refractivity contribution >= 4 is 77.3 Å². The van der Waals surface area contributed by atoms with Crippen LogP contribution in [0.1, 0.15) is 26.9 Å². The van der Waals surface area contributed by atoms with Gasteiger partial charge in [0.1, 0.15) is 23.6 Å². The second-order valence-corrected chi connectivity index (χ2v) is 10.7. The van der Waals surface area contributed by atoms with Crippen LogP contribution in [0.3, 0.4) is 0 Å². The van der Waals surface area contributed by atoms with Crippen LogP contribution in [0.5, 0.6) is 0 Å². The Kier molecular flexibility index (Phi) is 6.14. The highest BCUT2D eigenvalue weighted by Crippen LogP contribution is 2.46. The molecule has 12 heteroatoms. The third-order valence-corrected chi connectivity index (χ3v) is 8.46. The van der Waals surface area contributed by atoms with Crippen LogP contribution in [-0.2, 0) is 19.0 Å². The van der Waals surface area contributed by atoms with Gasteiger partial charge >= 0.3 is 5.97 Å². The number of nitrogens with zero attached hydrogens (tertiary/aromatic N) is 1. The molecule has 0 saturated carbocycles. The highest BCUT2D eigenvalue weighted by molar-refractivity contribution is 9.09. The number of halogens is 1. The molecule has 4 heterocycles. The summed E-state index contributed by atoms with van der Waals surface area (Å²) >= 11 is 3.11. The first-order valence-electron chi connectivity index (χ1n) is 13.0. The highest BCUT2D eigenvalue weighted by atomic mass is 79.9. The molecule has 1 unspecified atom stereocenters. The van der Waals surface area contributed by atoms with Crippen molar-refractivity contribution in [2.24, 2.45) is 0 Å². The van der Waals surface area contributed by atoms with E-state index < -0.39 is 55.0 Å². The first-order valence-corrected chi connectivity index (χ1v) is 14.1. The minimum absolute atomic E-state index is 0.126. The van der Waals surface area contributed by atoms with E-state index in [1.165, 1.54) is 7.11 Å². The molecule has 1 fully saturated rings. The van der Waals surface area contributed by atoms with Crippen molar-refractivity contribution in [1.82, 2.24) is 14.9 Å². The number of hydrogen-bond donors (Lipinski definition) is 4. The van der Waals surface area contributed by atoms with E-state index in [4.69, 9.17) is 14.2 Å². The van der Waals surface area contributed by atoms with Gasteiger partial charge in [-0.3, -0.25) is 19.7 Å². The summed E-state index contributed by atoms with van der Waals surface area (Å²) in [4.78, 5) is 42.5. The Labute approximate surface area is 240 Å². The number of methoxy groups -OCH3 is 1. The third kappa shape index (κ3) is 3.61. The van der Waals surface area contributed by atoms with Gasteiger partial charge in [-0.2, -0.15) is 0 Å². The molecule has 0 radical (unpaired) electrons. The Morgan fingerprint density at radius 1 is 1.02 bits per heavy atom. The molecule has 7 rings (SSSR count). The maximum atomic E-state index is 13.4. The van der Waals surface area contributed by atoms with Crippen molar-refractivity contribution in [2.75, 3.05) is 19.0 Å². The maximum Gasteiger partial charge on any atom is 0.317 e. The number of esters is 1. The first-order chi connectivity index (χ1) is 19.9. The predicted octanol–water partition coefficient (Wildman–Crippen LogP) is 2.88. The van der Waals surface area contributed by atoms with E-state index >= 15 is 0 Å². The van der Waals surface area contributed by atoms with Gasteiger partial charge in [-0.05, 0) is 12.1 Å². The normalized spacial score (nSPS) is 24.4. The molecule has 0 bridgehead atoms. The molecule has 2 aliphatic heterocycles. The maximum absolute atomic E-state index is 13.4. The molecule has 11 nitrogen and oxygen atoms in total. The third-order valence-electron chi connectivity index (χ3n) is 8.00. The summed E-state index contributed by atoms with van der Waals surface area (Å²) in [6.45, 7) is -0.476. The molecular formula is C29H24BrN3O8. The van der Waals surface area contributed by atoms with Crippen molar-refractivity contribution < 1.29 is 38.8 Å². The van der Waals surface area contributed by atoms with Gasteiger partial charge in [-0.1, -0.05) is 52.3 Å².